The van der Waals surface area contributed by atoms with Gasteiger partial charge in [-0.05, 0) is 6.42 Å². The second-order valence-corrected chi connectivity index (χ2v) is 2.38. The smallest absolute Gasteiger partial charge is 0.351 e. The maximum absolute atomic E-state index is 11.9. The van der Waals surface area contributed by atoms with Gasteiger partial charge in [0.05, 0.1) is 0 Å². The minimum atomic E-state index is -4.33. The number of halogens is 3. The molecule has 6 heteroatoms. The van der Waals surface area contributed by atoms with Gasteiger partial charge in [-0.25, -0.2) is 4.79 Å². The number of amides is 2. The summed E-state index contributed by atoms with van der Waals surface area (Å²) in [5.74, 6) is 0. The van der Waals surface area contributed by atoms with Crippen LogP contribution in [0, 0.1) is 0 Å². The van der Waals surface area contributed by atoms with Gasteiger partial charge < -0.3 is 10.6 Å². The summed E-state index contributed by atoms with van der Waals surface area (Å²) in [6.45, 7) is 0.111. The van der Waals surface area contributed by atoms with Crippen LogP contribution in [0.1, 0.15) is 6.42 Å². The molecule has 1 rings (SSSR count). The van der Waals surface area contributed by atoms with Crippen LogP contribution in [-0.2, 0) is 0 Å². The number of alkyl halides is 3. The van der Waals surface area contributed by atoms with Crippen molar-refractivity contribution < 1.29 is 18.0 Å². The lowest BCUT2D eigenvalue weighted by atomic mass is 10.0. The van der Waals surface area contributed by atoms with E-state index in [4.69, 9.17) is 0 Å². The van der Waals surface area contributed by atoms with E-state index in [0.717, 1.165) is 0 Å². The molecule has 1 saturated heterocycles. The number of nitrogens with zero attached hydrogens (tertiary/aromatic N) is 1. The highest BCUT2D eigenvalue weighted by Crippen LogP contribution is 2.32. The molecule has 1 aliphatic rings. The Morgan fingerprint density at radius 1 is 1.55 bits per heavy atom. The molecule has 0 aromatic heterocycles. The molecule has 1 heterocycles. The Hall–Kier alpha value is -0.940. The molecule has 1 fully saturated rings. The largest absolute Gasteiger partial charge is 0.408 e. The second-order valence-electron chi connectivity index (χ2n) is 2.38. The van der Waals surface area contributed by atoms with E-state index in [1.165, 1.54) is 0 Å². The Kier molecular flexibility index (Phi) is 1.69. The summed E-state index contributed by atoms with van der Waals surface area (Å²) in [7, 11) is 0. The number of urea groups is 1. The fraction of sp³-hybridized carbons (Fsp3) is 0.800. The zero-order chi connectivity index (χ0) is 8.65. The molecule has 3 nitrogen and oxygen atoms in total. The van der Waals surface area contributed by atoms with Crippen LogP contribution in [0.4, 0.5) is 18.0 Å². The van der Waals surface area contributed by atoms with Crippen molar-refractivity contribution in [2.75, 3.05) is 6.54 Å². The van der Waals surface area contributed by atoms with Crippen LogP contribution in [0.5, 0.6) is 0 Å². The molecule has 1 atom stereocenters. The average molecular weight is 168 g/mol. The first-order valence-electron chi connectivity index (χ1n) is 3.05. The number of carbonyl (C=O) groups excluding carboxylic acids is 1. The lowest BCUT2D eigenvalue weighted by Crippen LogP contribution is -2.59. The molecule has 1 aliphatic heterocycles. The van der Waals surface area contributed by atoms with Gasteiger partial charge >= 0.3 is 12.2 Å². The zero-order valence-corrected chi connectivity index (χ0v) is 5.56. The Balaban J connectivity index is 2.57. The fourth-order valence-electron chi connectivity index (χ4n) is 0.991. The number of primary amides is 1. The van der Waals surface area contributed by atoms with Crippen molar-refractivity contribution in [1.29, 1.82) is 0 Å². The average Bonchev–Trinajstić information content (AvgIpc) is 1.51. The lowest BCUT2D eigenvalue weighted by molar-refractivity contribution is -0.198. The van der Waals surface area contributed by atoms with E-state index >= 15 is 0 Å². The van der Waals surface area contributed by atoms with E-state index in [0.29, 0.717) is 4.90 Å². The molecule has 0 aromatic carbocycles. The summed E-state index contributed by atoms with van der Waals surface area (Å²) < 4.78 is 35.6. The normalized spacial score (nSPS) is 24.6. The Labute approximate surface area is 61.0 Å². The first kappa shape index (κ1) is 8.16. The van der Waals surface area contributed by atoms with Crippen molar-refractivity contribution in [2.24, 2.45) is 5.73 Å². The topological polar surface area (TPSA) is 46.3 Å². The molecule has 1 unspecified atom stereocenters. The molecule has 11 heavy (non-hydrogen) atoms. The van der Waals surface area contributed by atoms with Crippen molar-refractivity contribution in [1.82, 2.24) is 4.90 Å². The van der Waals surface area contributed by atoms with Crippen LogP contribution < -0.4 is 5.73 Å². The maximum Gasteiger partial charge on any atom is 0.408 e. The third kappa shape index (κ3) is 1.38. The molecule has 64 valence electrons. The molecular weight excluding hydrogens is 161 g/mol. The minimum Gasteiger partial charge on any atom is -0.351 e. The Morgan fingerprint density at radius 2 is 2.09 bits per heavy atom. The molecule has 2 amide bonds. The third-order valence-corrected chi connectivity index (χ3v) is 1.68. The van der Waals surface area contributed by atoms with Crippen molar-refractivity contribution in [3.05, 3.63) is 0 Å². The van der Waals surface area contributed by atoms with Crippen LogP contribution in [0.2, 0.25) is 0 Å². The van der Waals surface area contributed by atoms with Gasteiger partial charge in [0.1, 0.15) is 6.04 Å². The molecule has 2 N–H and O–H groups in total. The molecule has 0 aromatic rings. The van der Waals surface area contributed by atoms with Crippen molar-refractivity contribution in [3.63, 3.8) is 0 Å². The third-order valence-electron chi connectivity index (χ3n) is 1.68. The van der Waals surface area contributed by atoms with Crippen LogP contribution in [0.3, 0.4) is 0 Å². The van der Waals surface area contributed by atoms with Crippen molar-refractivity contribution in [2.45, 2.75) is 18.6 Å². The highest BCUT2D eigenvalue weighted by Gasteiger charge is 2.50. The molecule has 0 aliphatic carbocycles. The van der Waals surface area contributed by atoms with Gasteiger partial charge in [-0.1, -0.05) is 0 Å². The Morgan fingerprint density at radius 3 is 2.18 bits per heavy atom. The van der Waals surface area contributed by atoms with Crippen LogP contribution in [0.15, 0.2) is 0 Å². The highest BCUT2D eigenvalue weighted by atomic mass is 19.4. The van der Waals surface area contributed by atoms with Gasteiger partial charge in [0.15, 0.2) is 0 Å². The van der Waals surface area contributed by atoms with E-state index < -0.39 is 18.2 Å². The summed E-state index contributed by atoms with van der Waals surface area (Å²) >= 11 is 0. The van der Waals surface area contributed by atoms with Crippen molar-refractivity contribution in [3.8, 4) is 0 Å². The van der Waals surface area contributed by atoms with E-state index in [-0.39, 0.29) is 13.0 Å². The number of carbonyl (C=O) groups is 1. The lowest BCUT2D eigenvalue weighted by Gasteiger charge is -2.40. The first-order valence-corrected chi connectivity index (χ1v) is 3.05. The molecule has 0 radical (unpaired) electrons. The van der Waals surface area contributed by atoms with Gasteiger partial charge in [0.25, 0.3) is 0 Å². The van der Waals surface area contributed by atoms with Crippen LogP contribution in [0.25, 0.3) is 0 Å². The zero-order valence-electron chi connectivity index (χ0n) is 5.56. The quantitative estimate of drug-likeness (QED) is 0.568. The fourth-order valence-corrected chi connectivity index (χ4v) is 0.991. The number of hydrogen-bond acceptors (Lipinski definition) is 1. The van der Waals surface area contributed by atoms with Crippen molar-refractivity contribution >= 4 is 6.03 Å². The summed E-state index contributed by atoms with van der Waals surface area (Å²) in [6, 6.07) is -2.65. The van der Waals surface area contributed by atoms with E-state index in [1.807, 2.05) is 0 Å². The van der Waals surface area contributed by atoms with Gasteiger partial charge in [0, 0.05) is 6.54 Å². The minimum absolute atomic E-state index is 0.0353. The van der Waals surface area contributed by atoms with Gasteiger partial charge in [-0.3, -0.25) is 0 Å². The SMILES string of the molecule is NC(=O)N1CCC1C(F)(F)F. The predicted octanol–water partition coefficient (Wildman–Crippen LogP) is 0.702. The summed E-state index contributed by atoms with van der Waals surface area (Å²) in [5, 5.41) is 0. The van der Waals surface area contributed by atoms with Gasteiger partial charge in [0.2, 0.25) is 0 Å². The number of likely N-dealkylation sites (tertiary alicyclic amines) is 1. The molecular formula is C5H7F3N2O. The maximum atomic E-state index is 11.9. The predicted molar refractivity (Wildman–Crippen MR) is 30.7 cm³/mol. The van der Waals surface area contributed by atoms with Gasteiger partial charge in [-0.15, -0.1) is 0 Å². The molecule has 0 saturated carbocycles. The summed E-state index contributed by atoms with van der Waals surface area (Å²) in [6.07, 6.45) is -4.36. The Bertz CT molecular complexity index is 179. The van der Waals surface area contributed by atoms with Crippen LogP contribution >= 0.6 is 0 Å². The number of nitrogens with two attached hydrogens (primary N) is 1. The van der Waals surface area contributed by atoms with Gasteiger partial charge in [-0.2, -0.15) is 13.2 Å². The summed E-state index contributed by atoms with van der Waals surface area (Å²) in [5.41, 5.74) is 4.67. The highest BCUT2D eigenvalue weighted by molar-refractivity contribution is 5.73. The van der Waals surface area contributed by atoms with Crippen LogP contribution in [-0.4, -0.2) is 29.7 Å². The second kappa shape index (κ2) is 2.28. The molecule has 0 bridgehead atoms. The molecule has 0 spiro atoms. The number of rotatable bonds is 0. The van der Waals surface area contributed by atoms with E-state index in [1.54, 1.807) is 0 Å². The van der Waals surface area contributed by atoms with E-state index in [9.17, 15) is 18.0 Å². The first-order chi connectivity index (χ1) is 4.93. The van der Waals surface area contributed by atoms with E-state index in [2.05, 4.69) is 5.73 Å². The number of hydrogen-bond donors (Lipinski definition) is 1. The standard InChI is InChI=1S/C5H7F3N2O/c6-5(7,8)3-1-2-10(3)4(9)11/h3H,1-2H2,(H2,9,11). The monoisotopic (exact) mass is 168 g/mol. The summed E-state index contributed by atoms with van der Waals surface area (Å²) in [4.78, 5) is 10.9.